The fraction of sp³-hybridized carbons (Fsp3) is 0.333. The highest BCUT2D eigenvalue weighted by Gasteiger charge is 2.43. The minimum Gasteiger partial charge on any atom is -0.342 e. The van der Waals surface area contributed by atoms with Gasteiger partial charge in [0, 0.05) is 41.0 Å². The predicted octanol–water partition coefficient (Wildman–Crippen LogP) is 3.78. The molecule has 2 aromatic rings. The highest BCUT2D eigenvalue weighted by Crippen LogP contribution is 2.48. The lowest BCUT2D eigenvalue weighted by Gasteiger charge is -2.20. The minimum absolute atomic E-state index is 0.0196. The van der Waals surface area contributed by atoms with Gasteiger partial charge in [-0.25, -0.2) is 0 Å². The summed E-state index contributed by atoms with van der Waals surface area (Å²) in [5.74, 6) is 2.29. The van der Waals surface area contributed by atoms with Crippen LogP contribution in [-0.2, 0) is 4.79 Å². The fourth-order valence-electron chi connectivity index (χ4n) is 5.70. The van der Waals surface area contributed by atoms with Crippen molar-refractivity contribution in [1.29, 1.82) is 0 Å². The van der Waals surface area contributed by atoms with Crippen LogP contribution in [0.25, 0.3) is 0 Å². The molecule has 1 aromatic heterocycles. The Balaban J connectivity index is 1.07. The van der Waals surface area contributed by atoms with E-state index >= 15 is 0 Å². The van der Waals surface area contributed by atoms with Crippen molar-refractivity contribution in [3.05, 3.63) is 83.5 Å². The lowest BCUT2D eigenvalue weighted by atomic mass is 9.88. The van der Waals surface area contributed by atoms with Crippen LogP contribution in [0, 0.1) is 17.8 Å². The molecule has 3 N–H and O–H groups in total. The summed E-state index contributed by atoms with van der Waals surface area (Å²) >= 11 is 0. The van der Waals surface area contributed by atoms with Crippen LogP contribution >= 0.6 is 0 Å². The number of benzene rings is 1. The van der Waals surface area contributed by atoms with Crippen molar-refractivity contribution in [2.75, 3.05) is 5.32 Å². The molecule has 6 rings (SSSR count). The van der Waals surface area contributed by atoms with Crippen molar-refractivity contribution in [2.24, 2.45) is 22.7 Å². The maximum absolute atomic E-state index is 12.7. The van der Waals surface area contributed by atoms with Gasteiger partial charge in [0.2, 0.25) is 5.91 Å². The maximum atomic E-state index is 12.7. The van der Waals surface area contributed by atoms with Gasteiger partial charge in [-0.1, -0.05) is 12.5 Å². The van der Waals surface area contributed by atoms with E-state index in [1.807, 2.05) is 36.4 Å². The van der Waals surface area contributed by atoms with Crippen molar-refractivity contribution in [3.8, 4) is 0 Å². The number of carbonyl (C=O) groups excluding carboxylic acids is 2. The maximum Gasteiger partial charge on any atom is 0.257 e. The molecule has 2 amide bonds. The number of nitrogens with one attached hydrogen (secondary N) is 3. The van der Waals surface area contributed by atoms with Crippen molar-refractivity contribution < 1.29 is 9.59 Å². The summed E-state index contributed by atoms with van der Waals surface area (Å²) in [6.45, 7) is 0. The van der Waals surface area contributed by atoms with Crippen LogP contribution in [0.5, 0.6) is 0 Å². The van der Waals surface area contributed by atoms with Gasteiger partial charge in [0.05, 0.1) is 11.6 Å². The number of rotatable bonds is 5. The zero-order chi connectivity index (χ0) is 23.1. The third kappa shape index (κ3) is 4.02. The summed E-state index contributed by atoms with van der Waals surface area (Å²) in [5.41, 5.74) is 4.03. The van der Waals surface area contributed by atoms with Gasteiger partial charge in [0.25, 0.3) is 5.91 Å². The molecule has 2 heterocycles. The summed E-state index contributed by atoms with van der Waals surface area (Å²) in [6, 6.07) is 11.4. The van der Waals surface area contributed by atoms with Crippen LogP contribution in [-0.4, -0.2) is 28.7 Å². The molecule has 3 aliphatic carbocycles. The summed E-state index contributed by atoms with van der Waals surface area (Å²) < 4.78 is 0. The zero-order valence-corrected chi connectivity index (χ0v) is 18.8. The van der Waals surface area contributed by atoms with Crippen LogP contribution < -0.4 is 16.0 Å². The first kappa shape index (κ1) is 20.8. The summed E-state index contributed by atoms with van der Waals surface area (Å²) in [6.07, 6.45) is 12.6. The highest BCUT2D eigenvalue weighted by molar-refractivity contribution is 6.02. The number of amidine groups is 1. The quantitative estimate of drug-likeness (QED) is 0.642. The molecule has 4 atom stereocenters. The Morgan fingerprint density at radius 1 is 1.03 bits per heavy atom. The Morgan fingerprint density at radius 2 is 1.91 bits per heavy atom. The molecule has 4 unspecified atom stereocenters. The molecule has 34 heavy (non-hydrogen) atoms. The Kier molecular flexibility index (Phi) is 5.24. The molecule has 7 nitrogen and oxygen atoms in total. The average Bonchev–Trinajstić information content (AvgIpc) is 3.61. The average molecular weight is 454 g/mol. The van der Waals surface area contributed by atoms with Crippen LogP contribution in [0.2, 0.25) is 0 Å². The van der Waals surface area contributed by atoms with E-state index in [0.29, 0.717) is 17.9 Å². The van der Waals surface area contributed by atoms with Crippen LogP contribution in [0.3, 0.4) is 0 Å². The smallest absolute Gasteiger partial charge is 0.257 e. The van der Waals surface area contributed by atoms with Gasteiger partial charge in [0.1, 0.15) is 5.84 Å². The predicted molar refractivity (Wildman–Crippen MR) is 130 cm³/mol. The van der Waals surface area contributed by atoms with Crippen molar-refractivity contribution in [2.45, 2.75) is 38.1 Å². The van der Waals surface area contributed by atoms with E-state index in [1.54, 1.807) is 24.5 Å². The number of hydrogen-bond acceptors (Lipinski definition) is 5. The molecule has 1 aromatic carbocycles. The van der Waals surface area contributed by atoms with Crippen molar-refractivity contribution in [3.63, 3.8) is 0 Å². The van der Waals surface area contributed by atoms with Gasteiger partial charge in [-0.05, 0) is 80.0 Å². The van der Waals surface area contributed by atoms with Gasteiger partial charge in [-0.3, -0.25) is 19.6 Å². The molecule has 1 aliphatic heterocycles. The van der Waals surface area contributed by atoms with Crippen LogP contribution in [0.15, 0.2) is 77.3 Å². The van der Waals surface area contributed by atoms with E-state index in [1.165, 1.54) is 19.3 Å². The fourth-order valence-corrected chi connectivity index (χ4v) is 5.70. The van der Waals surface area contributed by atoms with Crippen molar-refractivity contribution in [1.82, 2.24) is 15.6 Å². The molecule has 2 saturated carbocycles. The number of fused-ring (bicyclic) bond motifs is 3. The topological polar surface area (TPSA) is 95.5 Å². The van der Waals surface area contributed by atoms with Crippen LogP contribution in [0.1, 0.15) is 48.0 Å². The first-order valence-electron chi connectivity index (χ1n) is 12.0. The van der Waals surface area contributed by atoms with Crippen molar-refractivity contribution >= 4 is 23.3 Å². The summed E-state index contributed by atoms with van der Waals surface area (Å²) in [7, 11) is 0. The number of allylic oxidation sites excluding steroid dienone is 1. The van der Waals surface area contributed by atoms with E-state index in [9.17, 15) is 9.59 Å². The minimum atomic E-state index is -0.183. The number of nitrogens with zero attached hydrogens (tertiary/aromatic N) is 2. The molecule has 4 aliphatic rings. The number of anilines is 1. The molecule has 0 saturated heterocycles. The third-order valence-electron chi connectivity index (χ3n) is 7.46. The van der Waals surface area contributed by atoms with E-state index in [2.05, 4.69) is 20.9 Å². The summed E-state index contributed by atoms with van der Waals surface area (Å²) in [4.78, 5) is 34.0. The number of hydrogen-bond donors (Lipinski definition) is 3. The second-order valence-corrected chi connectivity index (χ2v) is 9.66. The second kappa shape index (κ2) is 8.56. The highest BCUT2D eigenvalue weighted by atomic mass is 16.2. The monoisotopic (exact) mass is 453 g/mol. The number of amides is 2. The zero-order valence-electron chi connectivity index (χ0n) is 18.8. The molecule has 2 fully saturated rings. The molecule has 2 bridgehead atoms. The third-order valence-corrected chi connectivity index (χ3v) is 7.46. The van der Waals surface area contributed by atoms with Gasteiger partial charge in [-0.15, -0.1) is 0 Å². The van der Waals surface area contributed by atoms with E-state index in [-0.39, 0.29) is 23.8 Å². The molecular weight excluding hydrogens is 426 g/mol. The Bertz CT molecular complexity index is 1220. The molecular formula is C27H27N5O2. The number of aromatic nitrogens is 1. The SMILES string of the molecule is O=C(NC1=CCC2N=C(c3ccc(NC(=O)C4CC5CCC4C5)cc3)NC2=C1)c1cccnc1. The number of carbonyl (C=O) groups is 2. The van der Waals surface area contributed by atoms with Crippen LogP contribution in [0.4, 0.5) is 5.69 Å². The van der Waals surface area contributed by atoms with Gasteiger partial charge in [0.15, 0.2) is 0 Å². The molecule has 172 valence electrons. The Morgan fingerprint density at radius 3 is 2.65 bits per heavy atom. The lowest BCUT2D eigenvalue weighted by molar-refractivity contribution is -0.121. The van der Waals surface area contributed by atoms with Gasteiger partial charge >= 0.3 is 0 Å². The van der Waals surface area contributed by atoms with E-state index in [0.717, 1.165) is 40.8 Å². The number of aliphatic imine (C=N–C) groups is 1. The summed E-state index contributed by atoms with van der Waals surface area (Å²) in [5, 5.41) is 9.44. The van der Waals surface area contributed by atoms with Gasteiger partial charge < -0.3 is 16.0 Å². The molecule has 0 spiro atoms. The van der Waals surface area contributed by atoms with Gasteiger partial charge in [-0.2, -0.15) is 0 Å². The number of pyridine rings is 1. The lowest BCUT2D eigenvalue weighted by Crippen LogP contribution is -2.27. The standard InChI is InChI=1S/C27H27N5O2/c33-26(19-2-1-11-28-15-19)30-21-9-10-23-24(14-21)32-25(31-23)17-5-7-20(8-6-17)29-27(34)22-13-16-3-4-18(22)12-16/h1-2,5-9,11,14-16,18,22-23H,3-4,10,12-13H2,(H,29,34)(H,30,33)(H,31,32). The second-order valence-electron chi connectivity index (χ2n) is 9.66. The van der Waals surface area contributed by atoms with E-state index < -0.39 is 0 Å². The Labute approximate surface area is 198 Å². The first-order valence-corrected chi connectivity index (χ1v) is 12.0. The largest absolute Gasteiger partial charge is 0.342 e. The molecule has 7 heteroatoms. The molecule has 0 radical (unpaired) electrons. The normalized spacial score (nSPS) is 26.6. The Hall–Kier alpha value is -3.74. The first-order chi connectivity index (χ1) is 16.6. The van der Waals surface area contributed by atoms with E-state index in [4.69, 9.17) is 4.99 Å².